The van der Waals surface area contributed by atoms with E-state index in [4.69, 9.17) is 0 Å². The molecule has 0 atom stereocenters. The fourth-order valence-electron chi connectivity index (χ4n) is 3.48. The van der Waals surface area contributed by atoms with Gasteiger partial charge in [0.1, 0.15) is 0 Å². The van der Waals surface area contributed by atoms with Gasteiger partial charge in [-0.25, -0.2) is 8.42 Å². The maximum absolute atomic E-state index is 12.8. The molecule has 1 fully saturated rings. The number of carbonyl (C=O) groups is 1. The summed E-state index contributed by atoms with van der Waals surface area (Å²) in [7, 11) is -0.261. The van der Waals surface area contributed by atoms with Crippen LogP contribution in [0.4, 0.5) is 5.69 Å². The average Bonchev–Trinajstić information content (AvgIpc) is 3.21. The van der Waals surface area contributed by atoms with E-state index in [-0.39, 0.29) is 10.8 Å². The first kappa shape index (κ1) is 19.4. The van der Waals surface area contributed by atoms with Crippen molar-refractivity contribution in [3.05, 3.63) is 59.7 Å². The first-order valence-corrected chi connectivity index (χ1v) is 10.7. The van der Waals surface area contributed by atoms with Crippen LogP contribution in [-0.2, 0) is 10.0 Å². The Labute approximate surface area is 161 Å². The van der Waals surface area contributed by atoms with Crippen molar-refractivity contribution in [2.45, 2.75) is 43.5 Å². The summed E-state index contributed by atoms with van der Waals surface area (Å²) < 4.78 is 26.8. The molecule has 6 heteroatoms. The highest BCUT2D eigenvalue weighted by Crippen LogP contribution is 2.25. The van der Waals surface area contributed by atoms with Crippen molar-refractivity contribution in [3.63, 3.8) is 0 Å². The second-order valence-corrected chi connectivity index (χ2v) is 9.16. The lowest BCUT2D eigenvalue weighted by atomic mass is 10.1. The van der Waals surface area contributed by atoms with Gasteiger partial charge >= 0.3 is 0 Å². The second kappa shape index (κ2) is 7.72. The molecule has 3 rings (SSSR count). The molecule has 1 aliphatic rings. The number of nitrogens with zero attached hydrogens (tertiary/aromatic N) is 2. The highest BCUT2D eigenvalue weighted by molar-refractivity contribution is 7.92. The van der Waals surface area contributed by atoms with Gasteiger partial charge in [-0.2, -0.15) is 0 Å². The van der Waals surface area contributed by atoms with Crippen molar-refractivity contribution in [3.8, 4) is 0 Å². The number of hydrogen-bond acceptors (Lipinski definition) is 3. The molecule has 0 aliphatic heterocycles. The minimum Gasteiger partial charge on any atom is -0.339 e. The van der Waals surface area contributed by atoms with E-state index in [9.17, 15) is 13.2 Å². The van der Waals surface area contributed by atoms with Crippen LogP contribution in [0.1, 0.15) is 41.6 Å². The van der Waals surface area contributed by atoms with Crippen molar-refractivity contribution in [1.82, 2.24) is 4.90 Å². The van der Waals surface area contributed by atoms with Crippen molar-refractivity contribution in [1.29, 1.82) is 0 Å². The summed E-state index contributed by atoms with van der Waals surface area (Å²) in [6.07, 6.45) is 4.45. The fraction of sp³-hybridized carbons (Fsp3) is 0.381. The van der Waals surface area contributed by atoms with E-state index >= 15 is 0 Å². The van der Waals surface area contributed by atoms with Crippen LogP contribution in [-0.4, -0.2) is 39.4 Å². The molecule has 1 aliphatic carbocycles. The van der Waals surface area contributed by atoms with E-state index in [0.717, 1.165) is 18.4 Å². The quantitative estimate of drug-likeness (QED) is 0.785. The van der Waals surface area contributed by atoms with E-state index in [1.54, 1.807) is 48.5 Å². The first-order chi connectivity index (χ1) is 12.8. The summed E-state index contributed by atoms with van der Waals surface area (Å²) >= 11 is 0. The largest absolute Gasteiger partial charge is 0.339 e. The lowest BCUT2D eigenvalue weighted by molar-refractivity contribution is 0.0735. The first-order valence-electron chi connectivity index (χ1n) is 9.23. The zero-order chi connectivity index (χ0) is 19.6. The Morgan fingerprint density at radius 2 is 1.48 bits per heavy atom. The third-order valence-electron chi connectivity index (χ3n) is 5.35. The van der Waals surface area contributed by atoms with Gasteiger partial charge in [-0.05, 0) is 56.2 Å². The van der Waals surface area contributed by atoms with Gasteiger partial charge in [-0.15, -0.1) is 0 Å². The Bertz CT molecular complexity index is 899. The third kappa shape index (κ3) is 4.00. The van der Waals surface area contributed by atoms with Gasteiger partial charge < -0.3 is 4.90 Å². The Balaban J connectivity index is 1.78. The molecule has 27 heavy (non-hydrogen) atoms. The summed E-state index contributed by atoms with van der Waals surface area (Å²) in [6.45, 7) is 1.92. The average molecular weight is 387 g/mol. The van der Waals surface area contributed by atoms with Crippen LogP contribution in [0.2, 0.25) is 0 Å². The lowest BCUT2D eigenvalue weighted by Crippen LogP contribution is -2.35. The van der Waals surface area contributed by atoms with Gasteiger partial charge in [0.25, 0.3) is 15.9 Å². The van der Waals surface area contributed by atoms with Crippen LogP contribution >= 0.6 is 0 Å². The zero-order valence-electron chi connectivity index (χ0n) is 16.1. The molecule has 1 saturated carbocycles. The number of amides is 1. The predicted molar refractivity (Wildman–Crippen MR) is 108 cm³/mol. The van der Waals surface area contributed by atoms with Gasteiger partial charge in [0.15, 0.2) is 0 Å². The molecule has 1 amide bonds. The number of rotatable bonds is 5. The molecule has 0 heterocycles. The molecule has 0 radical (unpaired) electrons. The molecule has 0 bridgehead atoms. The Morgan fingerprint density at radius 1 is 0.926 bits per heavy atom. The van der Waals surface area contributed by atoms with Crippen LogP contribution in [0, 0.1) is 6.92 Å². The number of aryl methyl sites for hydroxylation is 1. The molecule has 2 aromatic rings. The van der Waals surface area contributed by atoms with Crippen molar-refractivity contribution >= 4 is 21.6 Å². The molecular formula is C21H26N2O3S. The summed E-state index contributed by atoms with van der Waals surface area (Å²) in [5.74, 6) is -0.0162. The van der Waals surface area contributed by atoms with Gasteiger partial charge in [-0.1, -0.05) is 30.5 Å². The fourth-order valence-corrected chi connectivity index (χ4v) is 4.68. The smallest absolute Gasteiger partial charge is 0.264 e. The highest BCUT2D eigenvalue weighted by Gasteiger charge is 2.25. The van der Waals surface area contributed by atoms with Gasteiger partial charge in [0.2, 0.25) is 0 Å². The summed E-state index contributed by atoms with van der Waals surface area (Å²) in [5.41, 5.74) is 2.11. The topological polar surface area (TPSA) is 57.7 Å². The minimum absolute atomic E-state index is 0.0162. The van der Waals surface area contributed by atoms with Crippen molar-refractivity contribution in [2.75, 3.05) is 18.4 Å². The Hall–Kier alpha value is -2.34. The molecule has 0 spiro atoms. The minimum atomic E-state index is -3.63. The molecule has 0 N–H and O–H groups in total. The maximum Gasteiger partial charge on any atom is 0.264 e. The van der Waals surface area contributed by atoms with E-state index < -0.39 is 10.0 Å². The Morgan fingerprint density at radius 3 is 2.04 bits per heavy atom. The molecule has 144 valence electrons. The van der Waals surface area contributed by atoms with E-state index in [2.05, 4.69) is 0 Å². The highest BCUT2D eigenvalue weighted by atomic mass is 32.2. The number of carbonyl (C=O) groups excluding carboxylic acids is 1. The normalized spacial score (nSPS) is 14.9. The standard InChI is InChI=1S/C21H26N2O3S/c1-16-8-14-20(15-9-16)27(25,26)23(3)19-12-10-17(11-13-19)21(24)22(2)18-6-4-5-7-18/h8-15,18H,4-7H2,1-3H3. The number of sulfonamides is 1. The van der Waals surface area contributed by atoms with Gasteiger partial charge in [-0.3, -0.25) is 9.10 Å². The van der Waals surface area contributed by atoms with Crippen molar-refractivity contribution in [2.24, 2.45) is 0 Å². The zero-order valence-corrected chi connectivity index (χ0v) is 16.9. The van der Waals surface area contributed by atoms with Crippen LogP contribution < -0.4 is 4.31 Å². The number of hydrogen-bond donors (Lipinski definition) is 0. The monoisotopic (exact) mass is 386 g/mol. The van der Waals surface area contributed by atoms with Crippen LogP contribution in [0.3, 0.4) is 0 Å². The number of anilines is 1. The summed E-state index contributed by atoms with van der Waals surface area (Å²) in [6, 6.07) is 13.8. The van der Waals surface area contributed by atoms with E-state index in [1.807, 2.05) is 18.9 Å². The summed E-state index contributed by atoms with van der Waals surface area (Å²) in [4.78, 5) is 14.7. The second-order valence-electron chi connectivity index (χ2n) is 7.19. The molecule has 0 unspecified atom stereocenters. The van der Waals surface area contributed by atoms with Crippen LogP contribution in [0.25, 0.3) is 0 Å². The maximum atomic E-state index is 12.8. The van der Waals surface area contributed by atoms with Crippen LogP contribution in [0.15, 0.2) is 53.4 Å². The molecule has 5 nitrogen and oxygen atoms in total. The predicted octanol–water partition coefficient (Wildman–Crippen LogP) is 3.83. The van der Waals surface area contributed by atoms with Crippen molar-refractivity contribution < 1.29 is 13.2 Å². The van der Waals surface area contributed by atoms with Gasteiger partial charge in [0.05, 0.1) is 10.6 Å². The molecule has 2 aromatic carbocycles. The number of benzene rings is 2. The molecule has 0 saturated heterocycles. The van der Waals surface area contributed by atoms with E-state index in [0.29, 0.717) is 17.3 Å². The summed E-state index contributed by atoms with van der Waals surface area (Å²) in [5, 5.41) is 0. The lowest BCUT2D eigenvalue weighted by Gasteiger charge is -2.25. The third-order valence-corrected chi connectivity index (χ3v) is 7.15. The van der Waals surface area contributed by atoms with Crippen LogP contribution in [0.5, 0.6) is 0 Å². The van der Waals surface area contributed by atoms with Gasteiger partial charge in [0, 0.05) is 25.7 Å². The van der Waals surface area contributed by atoms with E-state index in [1.165, 1.54) is 24.2 Å². The Kier molecular flexibility index (Phi) is 5.56. The SMILES string of the molecule is Cc1ccc(S(=O)(=O)N(C)c2ccc(C(=O)N(C)C3CCCC3)cc2)cc1. The molecular weight excluding hydrogens is 360 g/mol. The molecule has 0 aromatic heterocycles.